The molecule has 100 valence electrons. The third kappa shape index (κ3) is 3.68. The molecule has 2 aromatic rings. The summed E-state index contributed by atoms with van der Waals surface area (Å²) in [6.07, 6.45) is 1.19. The van der Waals surface area contributed by atoms with Gasteiger partial charge in [-0.1, -0.05) is 17.7 Å². The maximum atomic E-state index is 11.9. The van der Waals surface area contributed by atoms with Crippen LogP contribution in [0.2, 0.25) is 5.02 Å². The highest BCUT2D eigenvalue weighted by Gasteiger charge is 2.14. The van der Waals surface area contributed by atoms with Crippen LogP contribution < -0.4 is 9.54 Å². The van der Waals surface area contributed by atoms with Crippen LogP contribution in [0.1, 0.15) is 6.92 Å². The number of aromatic nitrogens is 1. The highest BCUT2D eigenvalue weighted by Crippen LogP contribution is 2.18. The molecule has 0 fully saturated rings. The van der Waals surface area contributed by atoms with E-state index in [0.717, 1.165) is 0 Å². The van der Waals surface area contributed by atoms with Crippen molar-refractivity contribution in [3.63, 3.8) is 0 Å². The second kappa shape index (κ2) is 6.04. The Bertz CT molecular complexity index is 648. The number of halogens is 1. The van der Waals surface area contributed by atoms with Crippen LogP contribution in [-0.4, -0.2) is 16.6 Å². The Kier molecular flexibility index (Phi) is 4.39. The first kappa shape index (κ1) is 13.8. The molecule has 0 saturated heterocycles. The van der Waals surface area contributed by atoms with Crippen molar-refractivity contribution in [2.45, 2.75) is 13.0 Å². The molecule has 4 nitrogen and oxygen atoms in total. The number of thiazole rings is 1. The highest BCUT2D eigenvalue weighted by molar-refractivity contribution is 7.07. The van der Waals surface area contributed by atoms with Crippen molar-refractivity contribution < 1.29 is 9.53 Å². The minimum atomic E-state index is -0.652. The van der Waals surface area contributed by atoms with Gasteiger partial charge in [0.25, 0.3) is 5.91 Å². The van der Waals surface area contributed by atoms with Gasteiger partial charge in [-0.2, -0.15) is 4.99 Å². The summed E-state index contributed by atoms with van der Waals surface area (Å²) in [6.45, 7) is 1.67. The molecule has 0 radical (unpaired) electrons. The van der Waals surface area contributed by atoms with Gasteiger partial charge in [0, 0.05) is 23.6 Å². The zero-order valence-electron chi connectivity index (χ0n) is 10.5. The maximum Gasteiger partial charge on any atom is 0.289 e. The molecule has 0 saturated carbocycles. The summed E-state index contributed by atoms with van der Waals surface area (Å²) in [5.41, 5.74) is 0. The number of ether oxygens (including phenoxy) is 1. The molecule has 0 N–H and O–H groups in total. The van der Waals surface area contributed by atoms with Gasteiger partial charge in [-0.05, 0) is 25.1 Å². The van der Waals surface area contributed by atoms with Gasteiger partial charge in [-0.3, -0.25) is 4.79 Å². The molecule has 1 unspecified atom stereocenters. The number of aryl methyl sites for hydroxylation is 1. The minimum Gasteiger partial charge on any atom is -0.481 e. The fourth-order valence-electron chi connectivity index (χ4n) is 1.41. The van der Waals surface area contributed by atoms with Crippen molar-refractivity contribution in [2.24, 2.45) is 12.0 Å². The summed E-state index contributed by atoms with van der Waals surface area (Å²) < 4.78 is 7.30. The molecule has 0 aliphatic rings. The number of carbonyl (C=O) groups excluding carboxylic acids is 1. The maximum absolute atomic E-state index is 11.9. The van der Waals surface area contributed by atoms with Crippen LogP contribution in [-0.2, 0) is 11.8 Å². The molecule has 19 heavy (non-hydrogen) atoms. The molecular formula is C13H13ClN2O2S. The summed E-state index contributed by atoms with van der Waals surface area (Å²) >= 11 is 7.26. The van der Waals surface area contributed by atoms with Crippen LogP contribution in [0, 0.1) is 0 Å². The molecule has 0 spiro atoms. The second-order valence-electron chi connectivity index (χ2n) is 3.96. The number of hydrogen-bond acceptors (Lipinski definition) is 3. The Morgan fingerprint density at radius 3 is 2.95 bits per heavy atom. The molecule has 1 aromatic carbocycles. The van der Waals surface area contributed by atoms with Crippen LogP contribution in [0.5, 0.6) is 5.75 Å². The monoisotopic (exact) mass is 296 g/mol. The van der Waals surface area contributed by atoms with Gasteiger partial charge in [0.1, 0.15) is 5.75 Å². The Morgan fingerprint density at radius 2 is 2.32 bits per heavy atom. The predicted molar refractivity (Wildman–Crippen MR) is 75.4 cm³/mol. The van der Waals surface area contributed by atoms with Crippen molar-refractivity contribution in [3.8, 4) is 5.75 Å². The van der Waals surface area contributed by atoms with Gasteiger partial charge in [0.05, 0.1) is 0 Å². The third-order valence-electron chi connectivity index (χ3n) is 2.42. The van der Waals surface area contributed by atoms with Crippen molar-refractivity contribution in [1.82, 2.24) is 4.57 Å². The number of amides is 1. The zero-order valence-corrected chi connectivity index (χ0v) is 12.1. The lowest BCUT2D eigenvalue weighted by molar-refractivity contribution is -0.124. The molecule has 0 bridgehead atoms. The van der Waals surface area contributed by atoms with E-state index < -0.39 is 6.10 Å². The van der Waals surface area contributed by atoms with Crippen LogP contribution >= 0.6 is 22.9 Å². The van der Waals surface area contributed by atoms with Gasteiger partial charge >= 0.3 is 0 Å². The van der Waals surface area contributed by atoms with Gasteiger partial charge in [0.2, 0.25) is 0 Å². The standard InChI is InChI=1S/C13H13ClN2O2S/c1-9(18-11-5-3-4-10(14)8-11)12(17)15-13-16(2)6-7-19-13/h3-9H,1-2H3. The summed E-state index contributed by atoms with van der Waals surface area (Å²) in [7, 11) is 1.84. The highest BCUT2D eigenvalue weighted by atomic mass is 35.5. The van der Waals surface area contributed by atoms with E-state index >= 15 is 0 Å². The van der Waals surface area contributed by atoms with Gasteiger partial charge < -0.3 is 9.30 Å². The van der Waals surface area contributed by atoms with E-state index in [1.54, 1.807) is 35.8 Å². The van der Waals surface area contributed by atoms with Crippen LogP contribution in [0.3, 0.4) is 0 Å². The fraction of sp³-hybridized carbons (Fsp3) is 0.231. The molecule has 2 rings (SSSR count). The van der Waals surface area contributed by atoms with E-state index in [1.165, 1.54) is 11.3 Å². The smallest absolute Gasteiger partial charge is 0.289 e. The molecular weight excluding hydrogens is 284 g/mol. The van der Waals surface area contributed by atoms with Crippen molar-refractivity contribution in [3.05, 3.63) is 45.7 Å². The third-order valence-corrected chi connectivity index (χ3v) is 3.51. The summed E-state index contributed by atoms with van der Waals surface area (Å²) in [5, 5.41) is 2.44. The largest absolute Gasteiger partial charge is 0.481 e. The molecule has 0 aliphatic heterocycles. The average molecular weight is 297 g/mol. The van der Waals surface area contributed by atoms with Gasteiger partial charge in [0.15, 0.2) is 10.9 Å². The molecule has 6 heteroatoms. The Balaban J connectivity index is 2.11. The first-order chi connectivity index (χ1) is 9.06. The first-order valence-electron chi connectivity index (χ1n) is 5.67. The first-order valence-corrected chi connectivity index (χ1v) is 6.93. The SMILES string of the molecule is CC(Oc1cccc(Cl)c1)C(=O)N=c1sccn1C. The lowest BCUT2D eigenvalue weighted by atomic mass is 10.3. The lowest BCUT2D eigenvalue weighted by Gasteiger charge is -2.11. The van der Waals surface area contributed by atoms with Crippen LogP contribution in [0.4, 0.5) is 0 Å². The topological polar surface area (TPSA) is 43.6 Å². The summed E-state index contributed by atoms with van der Waals surface area (Å²) in [6, 6.07) is 6.93. The molecule has 1 aromatic heterocycles. The fourth-order valence-corrected chi connectivity index (χ4v) is 2.33. The molecule has 1 amide bonds. The van der Waals surface area contributed by atoms with Crippen LogP contribution in [0.25, 0.3) is 0 Å². The summed E-state index contributed by atoms with van der Waals surface area (Å²) in [5.74, 6) is 0.233. The molecule has 0 aliphatic carbocycles. The quantitative estimate of drug-likeness (QED) is 0.874. The van der Waals surface area contributed by atoms with Crippen molar-refractivity contribution in [2.75, 3.05) is 0 Å². The van der Waals surface area contributed by atoms with Gasteiger partial charge in [-0.15, -0.1) is 11.3 Å². The van der Waals surface area contributed by atoms with E-state index in [2.05, 4.69) is 4.99 Å². The normalized spacial score (nSPS) is 13.3. The van der Waals surface area contributed by atoms with E-state index in [0.29, 0.717) is 15.6 Å². The number of rotatable bonds is 3. The number of benzene rings is 1. The summed E-state index contributed by atoms with van der Waals surface area (Å²) in [4.78, 5) is 16.6. The number of hydrogen-bond donors (Lipinski definition) is 0. The van der Waals surface area contributed by atoms with E-state index in [9.17, 15) is 4.79 Å². The number of nitrogens with zero attached hydrogens (tertiary/aromatic N) is 2. The van der Waals surface area contributed by atoms with Crippen molar-refractivity contribution >= 4 is 28.8 Å². The second-order valence-corrected chi connectivity index (χ2v) is 5.27. The average Bonchev–Trinajstić information content (AvgIpc) is 2.75. The lowest BCUT2D eigenvalue weighted by Crippen LogP contribution is -2.25. The van der Waals surface area contributed by atoms with Crippen LogP contribution in [0.15, 0.2) is 40.8 Å². The predicted octanol–water partition coefficient (Wildman–Crippen LogP) is 2.63. The van der Waals surface area contributed by atoms with E-state index in [4.69, 9.17) is 16.3 Å². The van der Waals surface area contributed by atoms with E-state index in [1.807, 2.05) is 18.6 Å². The van der Waals surface area contributed by atoms with Gasteiger partial charge in [-0.25, -0.2) is 0 Å². The Hall–Kier alpha value is -1.59. The molecule has 1 atom stereocenters. The zero-order chi connectivity index (χ0) is 13.8. The molecule has 1 heterocycles. The Labute approximate surface area is 119 Å². The van der Waals surface area contributed by atoms with Crippen molar-refractivity contribution in [1.29, 1.82) is 0 Å². The number of carbonyl (C=O) groups is 1. The minimum absolute atomic E-state index is 0.321. The Morgan fingerprint density at radius 1 is 1.53 bits per heavy atom. The van der Waals surface area contributed by atoms with E-state index in [-0.39, 0.29) is 5.91 Å².